The fraction of sp³-hybridized carbons (Fsp3) is 0.267. The first-order chi connectivity index (χ1) is 10.7. The van der Waals surface area contributed by atoms with Gasteiger partial charge in [-0.1, -0.05) is 30.1 Å². The number of aliphatic hydroxyl groups is 1. The van der Waals surface area contributed by atoms with Gasteiger partial charge in [0.15, 0.2) is 5.78 Å². The van der Waals surface area contributed by atoms with Crippen LogP contribution >= 0.6 is 23.2 Å². The number of carboxylic acids is 1. The van der Waals surface area contributed by atoms with Crippen LogP contribution in [0.15, 0.2) is 11.6 Å². The highest BCUT2D eigenvalue weighted by Gasteiger charge is 2.37. The van der Waals surface area contributed by atoms with Crippen molar-refractivity contribution in [3.05, 3.63) is 38.4 Å². The fourth-order valence-corrected chi connectivity index (χ4v) is 2.90. The molecule has 0 radical (unpaired) electrons. The monoisotopic (exact) mass is 357 g/mol. The van der Waals surface area contributed by atoms with E-state index in [1.165, 1.54) is 6.07 Å². The van der Waals surface area contributed by atoms with Gasteiger partial charge in [-0.05, 0) is 24.1 Å². The molecule has 23 heavy (non-hydrogen) atoms. The Balaban J connectivity index is 2.62. The van der Waals surface area contributed by atoms with Gasteiger partial charge in [-0.3, -0.25) is 14.4 Å². The number of Topliss-reactive ketones (excluding diaryl/α,β-unsaturated/α-hetero) is 1. The first kappa shape index (κ1) is 17.3. The summed E-state index contributed by atoms with van der Waals surface area (Å²) in [6, 6.07) is 1.48. The van der Waals surface area contributed by atoms with Gasteiger partial charge >= 0.3 is 5.97 Å². The van der Waals surface area contributed by atoms with Crippen molar-refractivity contribution in [2.45, 2.75) is 19.8 Å². The summed E-state index contributed by atoms with van der Waals surface area (Å²) >= 11 is 12.1. The van der Waals surface area contributed by atoms with Crippen LogP contribution in [0.1, 0.15) is 29.5 Å². The Bertz CT molecular complexity index is 770. The van der Waals surface area contributed by atoms with E-state index >= 15 is 0 Å². The number of carbonyl (C=O) groups excluding carboxylic acids is 2. The van der Waals surface area contributed by atoms with Gasteiger partial charge in [0.05, 0.1) is 10.0 Å². The van der Waals surface area contributed by atoms with E-state index in [2.05, 4.69) is 5.32 Å². The lowest BCUT2D eigenvalue weighted by Gasteiger charge is -2.25. The Kier molecular flexibility index (Phi) is 4.68. The van der Waals surface area contributed by atoms with Crippen LogP contribution in [0, 0.1) is 6.92 Å². The molecule has 0 bridgehead atoms. The number of amides is 1. The molecule has 2 rings (SSSR count). The zero-order chi connectivity index (χ0) is 17.5. The van der Waals surface area contributed by atoms with E-state index < -0.39 is 41.5 Å². The SMILES string of the molecule is Cc1c(Cl)c(Cl)cc2c1C(O)=C(C(=O)NCC(=O)O)C(=O)C2C. The van der Waals surface area contributed by atoms with Crippen molar-refractivity contribution in [1.82, 2.24) is 5.32 Å². The molecule has 0 aliphatic heterocycles. The molecule has 0 saturated heterocycles. The smallest absolute Gasteiger partial charge is 0.322 e. The van der Waals surface area contributed by atoms with Crippen LogP contribution < -0.4 is 5.32 Å². The van der Waals surface area contributed by atoms with Crippen LogP contribution in [-0.2, 0) is 14.4 Å². The van der Waals surface area contributed by atoms with Crippen molar-refractivity contribution in [1.29, 1.82) is 0 Å². The molecule has 1 unspecified atom stereocenters. The van der Waals surface area contributed by atoms with Gasteiger partial charge in [-0.2, -0.15) is 0 Å². The van der Waals surface area contributed by atoms with E-state index in [-0.39, 0.29) is 15.6 Å². The summed E-state index contributed by atoms with van der Waals surface area (Å²) in [7, 11) is 0. The van der Waals surface area contributed by atoms with Crippen molar-refractivity contribution < 1.29 is 24.6 Å². The van der Waals surface area contributed by atoms with Gasteiger partial charge in [-0.25, -0.2) is 0 Å². The van der Waals surface area contributed by atoms with E-state index in [1.54, 1.807) is 13.8 Å². The van der Waals surface area contributed by atoms with Gasteiger partial charge in [0.1, 0.15) is 17.9 Å². The van der Waals surface area contributed by atoms with Crippen molar-refractivity contribution in [3.63, 3.8) is 0 Å². The maximum atomic E-state index is 12.4. The average Bonchev–Trinajstić information content (AvgIpc) is 2.48. The lowest BCUT2D eigenvalue weighted by atomic mass is 9.80. The number of carboxylic acid groups (broad SMARTS) is 1. The van der Waals surface area contributed by atoms with E-state index in [4.69, 9.17) is 28.3 Å². The van der Waals surface area contributed by atoms with E-state index in [0.717, 1.165) is 0 Å². The molecule has 1 aliphatic rings. The standard InChI is InChI=1S/C15H13Cl2NO5/c1-5-7-3-8(16)12(17)6(2)10(7)14(22)11(13(5)21)15(23)18-4-9(19)20/h3,5,22H,4H2,1-2H3,(H,18,23)(H,19,20). The second kappa shape index (κ2) is 6.22. The summed E-state index contributed by atoms with van der Waals surface area (Å²) in [5.74, 6) is -4.07. The molecular formula is C15H13Cl2NO5. The van der Waals surface area contributed by atoms with E-state index in [9.17, 15) is 19.5 Å². The Labute approximate surface area is 141 Å². The second-order valence-electron chi connectivity index (χ2n) is 5.15. The van der Waals surface area contributed by atoms with Gasteiger partial charge in [0.25, 0.3) is 5.91 Å². The lowest BCUT2D eigenvalue weighted by Crippen LogP contribution is -2.36. The molecule has 6 nitrogen and oxygen atoms in total. The first-order valence-corrected chi connectivity index (χ1v) is 7.38. The third kappa shape index (κ3) is 2.92. The second-order valence-corrected chi connectivity index (χ2v) is 5.93. The highest BCUT2D eigenvalue weighted by atomic mass is 35.5. The number of hydrogen-bond acceptors (Lipinski definition) is 4. The minimum absolute atomic E-state index is 0.212. The number of benzene rings is 1. The fourth-order valence-electron chi connectivity index (χ4n) is 2.50. The summed E-state index contributed by atoms with van der Waals surface area (Å²) in [5, 5.41) is 21.5. The zero-order valence-corrected chi connectivity index (χ0v) is 13.7. The third-order valence-electron chi connectivity index (χ3n) is 3.69. The maximum absolute atomic E-state index is 12.4. The van der Waals surface area contributed by atoms with Gasteiger partial charge < -0.3 is 15.5 Å². The van der Waals surface area contributed by atoms with E-state index in [1.807, 2.05) is 0 Å². The third-order valence-corrected chi connectivity index (χ3v) is 4.57. The molecule has 0 heterocycles. The summed E-state index contributed by atoms with van der Waals surface area (Å²) in [6.45, 7) is 2.52. The van der Waals surface area contributed by atoms with Crippen LogP contribution in [0.3, 0.4) is 0 Å². The molecule has 0 saturated carbocycles. The Morgan fingerprint density at radius 3 is 2.52 bits per heavy atom. The van der Waals surface area contributed by atoms with Crippen LogP contribution in [-0.4, -0.2) is 34.4 Å². The lowest BCUT2D eigenvalue weighted by molar-refractivity contribution is -0.137. The molecular weight excluding hydrogens is 345 g/mol. The molecule has 0 fully saturated rings. The van der Waals surface area contributed by atoms with Crippen LogP contribution in [0.5, 0.6) is 0 Å². The molecule has 0 spiro atoms. The number of rotatable bonds is 3. The largest absolute Gasteiger partial charge is 0.506 e. The molecule has 1 aromatic rings. The molecule has 8 heteroatoms. The number of nitrogens with one attached hydrogen (secondary N) is 1. The number of hydrogen-bond donors (Lipinski definition) is 3. The molecule has 0 aromatic heterocycles. The highest BCUT2D eigenvalue weighted by molar-refractivity contribution is 6.43. The van der Waals surface area contributed by atoms with Crippen molar-refractivity contribution >= 4 is 46.6 Å². The van der Waals surface area contributed by atoms with Gasteiger partial charge in [-0.15, -0.1) is 0 Å². The van der Waals surface area contributed by atoms with Crippen LogP contribution in [0.2, 0.25) is 10.0 Å². The minimum atomic E-state index is -1.26. The first-order valence-electron chi connectivity index (χ1n) is 6.63. The normalized spacial score (nSPS) is 17.0. The van der Waals surface area contributed by atoms with Gasteiger partial charge in [0, 0.05) is 11.5 Å². The molecule has 1 atom stereocenters. The average molecular weight is 358 g/mol. The van der Waals surface area contributed by atoms with Gasteiger partial charge in [0.2, 0.25) is 0 Å². The predicted molar refractivity (Wildman–Crippen MR) is 84.8 cm³/mol. The minimum Gasteiger partial charge on any atom is -0.506 e. The molecule has 1 amide bonds. The van der Waals surface area contributed by atoms with Crippen molar-refractivity contribution in [2.75, 3.05) is 6.54 Å². The Morgan fingerprint density at radius 1 is 1.35 bits per heavy atom. The number of fused-ring (bicyclic) bond motifs is 1. The van der Waals surface area contributed by atoms with Crippen molar-refractivity contribution in [3.8, 4) is 0 Å². The number of aliphatic carboxylic acids is 1. The number of carbonyl (C=O) groups is 3. The summed E-state index contributed by atoms with van der Waals surface area (Å²) < 4.78 is 0. The zero-order valence-electron chi connectivity index (χ0n) is 12.2. The number of halogens is 2. The predicted octanol–water partition coefficient (Wildman–Crippen LogP) is 2.46. The quantitative estimate of drug-likeness (QED) is 0.720. The summed E-state index contributed by atoms with van der Waals surface area (Å²) in [5.41, 5.74) is 0.698. The molecule has 1 aliphatic carbocycles. The Hall–Kier alpha value is -2.05. The molecule has 3 N–H and O–H groups in total. The highest BCUT2D eigenvalue weighted by Crippen LogP contribution is 2.42. The number of aliphatic hydroxyl groups excluding tert-OH is 1. The maximum Gasteiger partial charge on any atom is 0.322 e. The summed E-state index contributed by atoms with van der Waals surface area (Å²) in [6.07, 6.45) is 0. The van der Waals surface area contributed by atoms with Crippen LogP contribution in [0.25, 0.3) is 5.76 Å². The number of ketones is 1. The Morgan fingerprint density at radius 2 is 1.96 bits per heavy atom. The van der Waals surface area contributed by atoms with E-state index in [0.29, 0.717) is 11.1 Å². The topological polar surface area (TPSA) is 104 Å². The molecule has 122 valence electrons. The van der Waals surface area contributed by atoms with Crippen LogP contribution in [0.4, 0.5) is 0 Å². The summed E-state index contributed by atoms with van der Waals surface area (Å²) in [4.78, 5) is 35.0. The molecule has 1 aromatic carbocycles. The van der Waals surface area contributed by atoms with Crippen molar-refractivity contribution in [2.24, 2.45) is 0 Å².